The highest BCUT2D eigenvalue weighted by molar-refractivity contribution is 6.02. The number of oxime groups is 1. The molecule has 0 amide bonds. The lowest BCUT2D eigenvalue weighted by Crippen LogP contribution is -2.45. The Bertz CT molecular complexity index is 455. The molecule has 1 fully saturated rings. The number of hydrogen-bond donors (Lipinski definition) is 2. The first-order valence-corrected chi connectivity index (χ1v) is 5.83. The van der Waals surface area contributed by atoms with E-state index in [1.165, 1.54) is 6.07 Å². The summed E-state index contributed by atoms with van der Waals surface area (Å²) in [5.74, 6) is -0.663. The van der Waals surface area contributed by atoms with Gasteiger partial charge in [-0.05, 0) is 19.2 Å². The monoisotopic (exact) mass is 252 g/mol. The van der Waals surface area contributed by atoms with Crippen molar-refractivity contribution in [1.82, 2.24) is 4.90 Å². The van der Waals surface area contributed by atoms with Gasteiger partial charge in [-0.2, -0.15) is 0 Å². The number of anilines is 1. The zero-order chi connectivity index (χ0) is 13.1. The van der Waals surface area contributed by atoms with Gasteiger partial charge in [-0.25, -0.2) is 4.39 Å². The highest BCUT2D eigenvalue weighted by Gasteiger charge is 2.20. The quantitative estimate of drug-likeness (QED) is 0.351. The van der Waals surface area contributed by atoms with Gasteiger partial charge >= 0.3 is 0 Å². The molecule has 5 nitrogen and oxygen atoms in total. The van der Waals surface area contributed by atoms with E-state index in [0.29, 0.717) is 5.69 Å². The van der Waals surface area contributed by atoms with Crippen LogP contribution in [0.5, 0.6) is 0 Å². The molecule has 1 heterocycles. The Hall–Kier alpha value is -1.82. The molecule has 1 aliphatic rings. The summed E-state index contributed by atoms with van der Waals surface area (Å²) < 4.78 is 13.8. The van der Waals surface area contributed by atoms with Gasteiger partial charge in [-0.15, -0.1) is 0 Å². The molecule has 18 heavy (non-hydrogen) atoms. The number of benzene rings is 1. The number of likely N-dealkylation sites (N-methyl/N-ethyl adjacent to an activating group) is 1. The van der Waals surface area contributed by atoms with Crippen molar-refractivity contribution >= 4 is 11.5 Å². The van der Waals surface area contributed by atoms with Crippen LogP contribution in [0.2, 0.25) is 0 Å². The Morgan fingerprint density at radius 3 is 2.61 bits per heavy atom. The molecule has 0 aromatic heterocycles. The SMILES string of the molecule is CN1CCN(c2cccc(F)c2C(N)=NO)CC1. The summed E-state index contributed by atoms with van der Waals surface area (Å²) in [6.45, 7) is 3.41. The predicted molar refractivity (Wildman–Crippen MR) is 68.6 cm³/mol. The first-order chi connectivity index (χ1) is 8.63. The van der Waals surface area contributed by atoms with Crippen LogP contribution in [0.4, 0.5) is 10.1 Å². The molecule has 0 unspecified atom stereocenters. The first kappa shape index (κ1) is 12.6. The van der Waals surface area contributed by atoms with Crippen molar-refractivity contribution < 1.29 is 9.60 Å². The van der Waals surface area contributed by atoms with E-state index >= 15 is 0 Å². The van der Waals surface area contributed by atoms with E-state index in [9.17, 15) is 4.39 Å². The van der Waals surface area contributed by atoms with Gasteiger partial charge in [0.1, 0.15) is 5.82 Å². The molecule has 1 aromatic rings. The number of hydrogen-bond acceptors (Lipinski definition) is 4. The minimum absolute atomic E-state index is 0.171. The number of rotatable bonds is 2. The molecule has 0 bridgehead atoms. The third-order valence-electron chi connectivity index (χ3n) is 3.20. The summed E-state index contributed by atoms with van der Waals surface area (Å²) in [4.78, 5) is 4.26. The second-order valence-electron chi connectivity index (χ2n) is 4.41. The zero-order valence-corrected chi connectivity index (χ0v) is 10.3. The Labute approximate surface area is 105 Å². The minimum atomic E-state index is -0.471. The highest BCUT2D eigenvalue weighted by atomic mass is 19.1. The average molecular weight is 252 g/mol. The topological polar surface area (TPSA) is 65.1 Å². The molecule has 0 aliphatic carbocycles. The molecule has 6 heteroatoms. The maximum atomic E-state index is 13.8. The lowest BCUT2D eigenvalue weighted by molar-refractivity contribution is 0.312. The van der Waals surface area contributed by atoms with Crippen LogP contribution in [0.25, 0.3) is 0 Å². The number of nitrogens with two attached hydrogens (primary N) is 1. The fourth-order valence-electron chi connectivity index (χ4n) is 2.13. The van der Waals surface area contributed by atoms with Crippen LogP contribution in [-0.2, 0) is 0 Å². The fraction of sp³-hybridized carbons (Fsp3) is 0.417. The van der Waals surface area contributed by atoms with Crippen LogP contribution in [0.1, 0.15) is 5.56 Å². The van der Waals surface area contributed by atoms with Crippen molar-refractivity contribution in [2.24, 2.45) is 10.9 Å². The molecule has 1 aromatic carbocycles. The molecule has 1 aliphatic heterocycles. The molecule has 3 N–H and O–H groups in total. The summed E-state index contributed by atoms with van der Waals surface area (Å²) in [6.07, 6.45) is 0. The average Bonchev–Trinajstić information content (AvgIpc) is 2.38. The maximum absolute atomic E-state index is 13.8. The lowest BCUT2D eigenvalue weighted by Gasteiger charge is -2.35. The molecule has 98 valence electrons. The zero-order valence-electron chi connectivity index (χ0n) is 10.3. The van der Waals surface area contributed by atoms with Crippen molar-refractivity contribution in [3.8, 4) is 0 Å². The van der Waals surface area contributed by atoms with Gasteiger partial charge in [-0.1, -0.05) is 11.2 Å². The van der Waals surface area contributed by atoms with E-state index in [4.69, 9.17) is 10.9 Å². The number of amidine groups is 1. The van der Waals surface area contributed by atoms with Crippen LogP contribution >= 0.6 is 0 Å². The molecule has 0 saturated carbocycles. The summed E-state index contributed by atoms with van der Waals surface area (Å²) >= 11 is 0. The second kappa shape index (κ2) is 5.22. The molecular weight excluding hydrogens is 235 g/mol. The molecule has 1 saturated heterocycles. The predicted octanol–water partition coefficient (Wildman–Crippen LogP) is 0.672. The highest BCUT2D eigenvalue weighted by Crippen LogP contribution is 2.24. The van der Waals surface area contributed by atoms with Gasteiger partial charge in [0.05, 0.1) is 11.3 Å². The molecule has 0 spiro atoms. The fourth-order valence-corrected chi connectivity index (χ4v) is 2.13. The second-order valence-corrected chi connectivity index (χ2v) is 4.41. The Balaban J connectivity index is 2.35. The third-order valence-corrected chi connectivity index (χ3v) is 3.20. The van der Waals surface area contributed by atoms with Gasteiger partial charge in [-0.3, -0.25) is 0 Å². The van der Waals surface area contributed by atoms with E-state index in [0.717, 1.165) is 26.2 Å². The maximum Gasteiger partial charge on any atom is 0.175 e. The van der Waals surface area contributed by atoms with Gasteiger partial charge in [0.15, 0.2) is 5.84 Å². The van der Waals surface area contributed by atoms with Crippen LogP contribution in [-0.4, -0.2) is 49.2 Å². The van der Waals surface area contributed by atoms with Crippen molar-refractivity contribution in [3.05, 3.63) is 29.6 Å². The molecule has 0 atom stereocenters. The number of piperazine rings is 1. The minimum Gasteiger partial charge on any atom is -0.409 e. The number of halogens is 1. The van der Waals surface area contributed by atoms with Crippen molar-refractivity contribution in [3.63, 3.8) is 0 Å². The normalized spacial score (nSPS) is 18.1. The Kier molecular flexibility index (Phi) is 3.66. The summed E-state index contributed by atoms with van der Waals surface area (Å²) in [6, 6.07) is 4.74. The standard InChI is InChI=1S/C12H17FN4O/c1-16-5-7-17(8-6-16)10-4-2-3-9(13)11(10)12(14)15-18/h2-4,18H,5-8H2,1H3,(H2,14,15). The van der Waals surface area contributed by atoms with Crippen LogP contribution in [0, 0.1) is 5.82 Å². The van der Waals surface area contributed by atoms with Gasteiger partial charge in [0, 0.05) is 26.2 Å². The van der Waals surface area contributed by atoms with E-state index in [1.807, 2.05) is 7.05 Å². The van der Waals surface area contributed by atoms with Crippen molar-refractivity contribution in [2.45, 2.75) is 0 Å². The summed E-state index contributed by atoms with van der Waals surface area (Å²) in [5, 5.41) is 11.7. The van der Waals surface area contributed by atoms with E-state index < -0.39 is 5.82 Å². The van der Waals surface area contributed by atoms with E-state index in [-0.39, 0.29) is 11.4 Å². The summed E-state index contributed by atoms with van der Waals surface area (Å²) in [7, 11) is 2.05. The van der Waals surface area contributed by atoms with Crippen LogP contribution in [0.15, 0.2) is 23.4 Å². The smallest absolute Gasteiger partial charge is 0.175 e. The van der Waals surface area contributed by atoms with Gasteiger partial charge < -0.3 is 20.7 Å². The Morgan fingerprint density at radius 1 is 1.33 bits per heavy atom. The van der Waals surface area contributed by atoms with E-state index in [1.54, 1.807) is 12.1 Å². The molecule has 0 radical (unpaired) electrons. The van der Waals surface area contributed by atoms with Gasteiger partial charge in [0.2, 0.25) is 0 Å². The van der Waals surface area contributed by atoms with Crippen molar-refractivity contribution in [2.75, 3.05) is 38.1 Å². The van der Waals surface area contributed by atoms with Crippen molar-refractivity contribution in [1.29, 1.82) is 0 Å². The summed E-state index contributed by atoms with van der Waals surface area (Å²) in [5.41, 5.74) is 6.40. The van der Waals surface area contributed by atoms with E-state index in [2.05, 4.69) is 15.0 Å². The third kappa shape index (κ3) is 2.38. The lowest BCUT2D eigenvalue weighted by atomic mass is 10.1. The Morgan fingerprint density at radius 2 is 2.00 bits per heavy atom. The largest absolute Gasteiger partial charge is 0.409 e. The first-order valence-electron chi connectivity index (χ1n) is 5.83. The van der Waals surface area contributed by atoms with Gasteiger partial charge in [0.25, 0.3) is 0 Å². The number of nitrogens with zero attached hydrogens (tertiary/aromatic N) is 3. The molecular formula is C12H17FN4O. The molecule has 2 rings (SSSR count). The van der Waals surface area contributed by atoms with Crippen LogP contribution < -0.4 is 10.6 Å². The van der Waals surface area contributed by atoms with Crippen LogP contribution in [0.3, 0.4) is 0 Å².